The molecule has 0 saturated carbocycles. The summed E-state index contributed by atoms with van der Waals surface area (Å²) >= 11 is 0. The number of hydrogen-bond acceptors (Lipinski definition) is 12. The molecule has 2 saturated heterocycles. The SMILES string of the molecule is COc1ccc(C(Nc2nc(N)nc3c2ncn3[C@@H]2O[C@H](CO)[C@@H](O)C2(F)F)(c2ccccc2)c2ccc(ON3C(=O)CCC3=O)cc2)cc1. The van der Waals surface area contributed by atoms with E-state index < -0.39 is 48.3 Å². The number of methoxy groups -OCH3 is 1. The second-order valence-electron chi connectivity index (χ2n) is 11.8. The second kappa shape index (κ2) is 12.6. The van der Waals surface area contributed by atoms with Crippen molar-refractivity contribution in [3.63, 3.8) is 0 Å². The van der Waals surface area contributed by atoms with Crippen molar-refractivity contribution in [2.24, 2.45) is 0 Å². The molecule has 2 amide bonds. The van der Waals surface area contributed by atoms with Gasteiger partial charge in [-0.1, -0.05) is 54.6 Å². The molecular weight excluding hydrogens is 656 g/mol. The molecule has 4 atom stereocenters. The number of anilines is 2. The van der Waals surface area contributed by atoms with Crippen molar-refractivity contribution >= 4 is 34.7 Å². The summed E-state index contributed by atoms with van der Waals surface area (Å²) in [5, 5.41) is 23.9. The van der Waals surface area contributed by atoms with Crippen LogP contribution in [0.15, 0.2) is 85.2 Å². The van der Waals surface area contributed by atoms with E-state index in [9.17, 15) is 19.8 Å². The summed E-state index contributed by atoms with van der Waals surface area (Å²) in [5.74, 6) is -4.06. The molecule has 2 aliphatic rings. The number of rotatable bonds is 10. The first-order valence-electron chi connectivity index (χ1n) is 15.5. The lowest BCUT2D eigenvalue weighted by molar-refractivity contribution is -0.164. The number of aromatic nitrogens is 4. The van der Waals surface area contributed by atoms with Crippen LogP contribution in [0.3, 0.4) is 0 Å². The zero-order chi connectivity index (χ0) is 35.2. The number of nitrogen functional groups attached to an aromatic ring is 1. The third-order valence-corrected chi connectivity index (χ3v) is 8.78. The number of ether oxygens (including phenoxy) is 2. The minimum Gasteiger partial charge on any atom is -0.497 e. The number of benzene rings is 3. The Hall–Kier alpha value is -5.71. The van der Waals surface area contributed by atoms with Gasteiger partial charge in [0.05, 0.1) is 20.0 Å². The van der Waals surface area contributed by atoms with E-state index in [1.54, 1.807) is 43.5 Å². The normalized spacial score (nSPS) is 21.4. The van der Waals surface area contributed by atoms with Gasteiger partial charge >= 0.3 is 5.92 Å². The molecule has 2 aromatic heterocycles. The van der Waals surface area contributed by atoms with E-state index in [0.717, 1.165) is 16.0 Å². The molecule has 3 aromatic carbocycles. The number of carbonyl (C=O) groups excluding carboxylic acids is 2. The summed E-state index contributed by atoms with van der Waals surface area (Å²) in [6.07, 6.45) is -4.66. The number of hydrogen-bond donors (Lipinski definition) is 4. The van der Waals surface area contributed by atoms with Gasteiger partial charge < -0.3 is 35.6 Å². The van der Waals surface area contributed by atoms with Crippen molar-refractivity contribution in [1.29, 1.82) is 0 Å². The molecule has 1 unspecified atom stereocenters. The fourth-order valence-corrected chi connectivity index (χ4v) is 6.26. The number of imidazole rings is 1. The van der Waals surface area contributed by atoms with Crippen molar-refractivity contribution < 1.29 is 42.9 Å². The monoisotopic (exact) mass is 687 g/mol. The van der Waals surface area contributed by atoms with Crippen LogP contribution in [0.25, 0.3) is 11.2 Å². The Labute approximate surface area is 283 Å². The fourth-order valence-electron chi connectivity index (χ4n) is 6.26. The molecule has 2 aliphatic heterocycles. The second-order valence-corrected chi connectivity index (χ2v) is 11.8. The highest BCUT2D eigenvalue weighted by molar-refractivity contribution is 6.00. The molecule has 2 fully saturated rings. The van der Waals surface area contributed by atoms with Gasteiger partial charge in [0.1, 0.15) is 17.4 Å². The molecule has 16 heteroatoms. The van der Waals surface area contributed by atoms with E-state index in [0.29, 0.717) is 22.4 Å². The number of halogens is 2. The summed E-state index contributed by atoms with van der Waals surface area (Å²) < 4.78 is 42.2. The minimum atomic E-state index is -3.81. The van der Waals surface area contributed by atoms with Crippen molar-refractivity contribution in [2.75, 3.05) is 24.8 Å². The van der Waals surface area contributed by atoms with Crippen molar-refractivity contribution in [3.05, 3.63) is 102 Å². The van der Waals surface area contributed by atoms with Gasteiger partial charge in [-0.05, 0) is 41.0 Å². The number of carbonyl (C=O) groups is 2. The zero-order valence-electron chi connectivity index (χ0n) is 26.4. The molecule has 14 nitrogen and oxygen atoms in total. The minimum absolute atomic E-state index is 0.0559. The highest BCUT2D eigenvalue weighted by Crippen LogP contribution is 2.45. The number of fused-ring (bicyclic) bond motifs is 1. The molecule has 0 spiro atoms. The van der Waals surface area contributed by atoms with Crippen LogP contribution in [-0.4, -0.2) is 78.5 Å². The average molecular weight is 688 g/mol. The average Bonchev–Trinajstić information content (AvgIpc) is 3.76. The Morgan fingerprint density at radius 3 is 2.14 bits per heavy atom. The van der Waals surface area contributed by atoms with Crippen LogP contribution in [-0.2, 0) is 19.9 Å². The number of aliphatic hydroxyl groups is 2. The first kappa shape index (κ1) is 32.8. The maximum Gasteiger partial charge on any atom is 0.320 e. The molecule has 7 rings (SSSR count). The third kappa shape index (κ3) is 5.42. The maximum atomic E-state index is 15.2. The van der Waals surface area contributed by atoms with Gasteiger partial charge in [-0.15, -0.1) is 5.06 Å². The van der Waals surface area contributed by atoms with Crippen molar-refractivity contribution in [1.82, 2.24) is 24.6 Å². The Morgan fingerprint density at radius 1 is 0.960 bits per heavy atom. The predicted octanol–water partition coefficient (Wildman–Crippen LogP) is 3.15. The number of nitrogens with zero attached hydrogens (tertiary/aromatic N) is 5. The molecule has 5 N–H and O–H groups in total. The highest BCUT2D eigenvalue weighted by atomic mass is 19.3. The van der Waals surface area contributed by atoms with Gasteiger partial charge in [0.2, 0.25) is 12.2 Å². The summed E-state index contributed by atoms with van der Waals surface area (Å²) in [7, 11) is 1.54. The Bertz CT molecular complexity index is 2030. The molecule has 0 bridgehead atoms. The van der Waals surface area contributed by atoms with Crippen LogP contribution in [0, 0.1) is 0 Å². The summed E-state index contributed by atoms with van der Waals surface area (Å²) in [6, 6.07) is 23.2. The van der Waals surface area contributed by atoms with E-state index >= 15 is 8.78 Å². The first-order chi connectivity index (χ1) is 24.1. The highest BCUT2D eigenvalue weighted by Gasteiger charge is 2.59. The molecular formula is C34H31F2N7O7. The lowest BCUT2D eigenvalue weighted by Gasteiger charge is -2.37. The van der Waals surface area contributed by atoms with E-state index in [1.807, 2.05) is 42.5 Å². The van der Waals surface area contributed by atoms with E-state index in [-0.39, 0.29) is 41.5 Å². The molecule has 258 valence electrons. The van der Waals surface area contributed by atoms with Gasteiger partial charge in [0, 0.05) is 12.8 Å². The largest absolute Gasteiger partial charge is 0.497 e. The lowest BCUT2D eigenvalue weighted by Crippen LogP contribution is -2.39. The maximum absolute atomic E-state index is 15.2. The molecule has 50 heavy (non-hydrogen) atoms. The molecule has 5 aromatic rings. The number of aliphatic hydroxyl groups excluding tert-OH is 2. The van der Waals surface area contributed by atoms with Crippen LogP contribution in [0.2, 0.25) is 0 Å². The lowest BCUT2D eigenvalue weighted by atomic mass is 9.77. The molecule has 0 radical (unpaired) electrons. The Kier molecular flexibility index (Phi) is 8.29. The first-order valence-corrected chi connectivity index (χ1v) is 15.5. The van der Waals surface area contributed by atoms with E-state index in [2.05, 4.69) is 20.3 Å². The standard InChI is InChI=1S/C34H31F2N7O7/c1-48-22-11-7-20(8-12-22)33(19-5-3-2-4-6-19,21-9-13-23(14-10-21)50-43-25(45)15-16-26(43)46)41-29-27-30(40-32(37)39-29)42(18-38-27)31-34(35,36)28(47)24(17-44)49-31/h2-14,18,24,28,31,44,47H,15-17H2,1H3,(H3,37,39,40,41)/t24-,28-,31-,33?/m1/s1. The quantitative estimate of drug-likeness (QED) is 0.124. The van der Waals surface area contributed by atoms with Gasteiger partial charge in [-0.2, -0.15) is 18.7 Å². The van der Waals surface area contributed by atoms with Crippen LogP contribution < -0.4 is 20.6 Å². The number of amides is 2. The number of imide groups is 1. The van der Waals surface area contributed by atoms with Crippen LogP contribution >= 0.6 is 0 Å². The van der Waals surface area contributed by atoms with Crippen molar-refractivity contribution in [2.45, 2.75) is 42.7 Å². The third-order valence-electron chi connectivity index (χ3n) is 8.78. The predicted molar refractivity (Wildman–Crippen MR) is 173 cm³/mol. The zero-order valence-corrected chi connectivity index (χ0v) is 26.4. The summed E-state index contributed by atoms with van der Waals surface area (Å²) in [6.45, 7) is -0.834. The fraction of sp³-hybridized carbons (Fsp3) is 0.265. The number of alkyl halides is 2. The molecule has 4 heterocycles. The van der Waals surface area contributed by atoms with Gasteiger partial charge in [0.15, 0.2) is 28.8 Å². The van der Waals surface area contributed by atoms with Crippen LogP contribution in [0.4, 0.5) is 20.5 Å². The topological polar surface area (TPSA) is 187 Å². The number of hydroxylamine groups is 2. The van der Waals surface area contributed by atoms with Gasteiger partial charge in [-0.25, -0.2) is 4.98 Å². The van der Waals surface area contributed by atoms with Gasteiger partial charge in [0.25, 0.3) is 11.8 Å². The van der Waals surface area contributed by atoms with Crippen LogP contribution in [0.5, 0.6) is 11.5 Å². The van der Waals surface area contributed by atoms with E-state index in [1.165, 1.54) is 0 Å². The number of nitrogens with two attached hydrogens (primary N) is 1. The Morgan fingerprint density at radius 2 is 1.56 bits per heavy atom. The smallest absolute Gasteiger partial charge is 0.320 e. The molecule has 0 aliphatic carbocycles. The summed E-state index contributed by atoms with van der Waals surface area (Å²) in [4.78, 5) is 43.1. The van der Waals surface area contributed by atoms with Gasteiger partial charge in [-0.3, -0.25) is 14.2 Å². The Balaban J connectivity index is 1.39. The van der Waals surface area contributed by atoms with Crippen LogP contribution in [0.1, 0.15) is 35.8 Å². The summed E-state index contributed by atoms with van der Waals surface area (Å²) in [5.41, 5.74) is 6.87. The van der Waals surface area contributed by atoms with E-state index in [4.69, 9.17) is 20.0 Å². The number of nitrogens with one attached hydrogen (secondary N) is 1. The van der Waals surface area contributed by atoms with Crippen molar-refractivity contribution in [3.8, 4) is 11.5 Å².